The van der Waals surface area contributed by atoms with E-state index in [1.165, 1.54) is 5.56 Å². The molecule has 0 bridgehead atoms. The van der Waals surface area contributed by atoms with E-state index in [0.717, 1.165) is 67.5 Å². The van der Waals surface area contributed by atoms with E-state index < -0.39 is 0 Å². The van der Waals surface area contributed by atoms with Gasteiger partial charge in [0, 0.05) is 38.1 Å². The van der Waals surface area contributed by atoms with Crippen LogP contribution < -0.4 is 4.90 Å². The molecule has 1 fully saturated rings. The van der Waals surface area contributed by atoms with Gasteiger partial charge in [-0.05, 0) is 31.9 Å². The van der Waals surface area contributed by atoms with Gasteiger partial charge in [0.15, 0.2) is 0 Å². The van der Waals surface area contributed by atoms with E-state index in [9.17, 15) is 0 Å². The number of nitrogens with one attached hydrogen (secondary N) is 1. The van der Waals surface area contributed by atoms with Gasteiger partial charge in [0.2, 0.25) is 0 Å². The molecule has 1 aromatic carbocycles. The first-order chi connectivity index (χ1) is 12.7. The molecule has 0 radical (unpaired) electrons. The molecule has 26 heavy (non-hydrogen) atoms. The van der Waals surface area contributed by atoms with Crippen molar-refractivity contribution in [3.05, 3.63) is 47.7 Å². The van der Waals surface area contributed by atoms with E-state index in [1.807, 2.05) is 0 Å². The van der Waals surface area contributed by atoms with Gasteiger partial charge in [-0.2, -0.15) is 0 Å². The first-order valence-corrected chi connectivity index (χ1v) is 9.33. The predicted molar refractivity (Wildman–Crippen MR) is 103 cm³/mol. The van der Waals surface area contributed by atoms with E-state index in [2.05, 4.69) is 58.0 Å². The van der Waals surface area contributed by atoms with Gasteiger partial charge < -0.3 is 14.6 Å². The molecule has 2 aromatic heterocycles. The molecule has 3 aromatic rings. The fraction of sp³-hybridized carbons (Fsp3) is 0.450. The van der Waals surface area contributed by atoms with Crippen LogP contribution >= 0.6 is 0 Å². The van der Waals surface area contributed by atoms with Gasteiger partial charge >= 0.3 is 0 Å². The second-order valence-corrected chi connectivity index (χ2v) is 6.85. The van der Waals surface area contributed by atoms with Gasteiger partial charge in [-0.1, -0.05) is 12.1 Å². The molecule has 1 aliphatic heterocycles. The van der Waals surface area contributed by atoms with Crippen LogP contribution in [0, 0.1) is 6.92 Å². The number of para-hydroxylation sites is 1. The molecule has 0 saturated carbocycles. The summed E-state index contributed by atoms with van der Waals surface area (Å²) < 4.78 is 5.50. The summed E-state index contributed by atoms with van der Waals surface area (Å²) in [6, 6.07) is 8.36. The lowest BCUT2D eigenvalue weighted by Gasteiger charge is -2.22. The van der Waals surface area contributed by atoms with Crippen molar-refractivity contribution in [3.63, 3.8) is 0 Å². The zero-order chi connectivity index (χ0) is 17.9. The maximum atomic E-state index is 5.50. The van der Waals surface area contributed by atoms with Crippen molar-refractivity contribution in [2.45, 2.75) is 32.6 Å². The Balaban J connectivity index is 1.48. The largest absolute Gasteiger partial charge is 0.381 e. The van der Waals surface area contributed by atoms with Crippen molar-refractivity contribution in [1.82, 2.24) is 19.9 Å². The number of anilines is 1. The number of hydrogen-bond donors (Lipinski definition) is 1. The molecule has 0 amide bonds. The summed E-state index contributed by atoms with van der Waals surface area (Å²) in [6.45, 7) is 7.61. The average Bonchev–Trinajstić information content (AvgIpc) is 3.33. The first kappa shape index (κ1) is 17.0. The third kappa shape index (κ3) is 3.42. The number of ether oxygens (including phenoxy) is 1. The Labute approximate surface area is 153 Å². The second-order valence-electron chi connectivity index (χ2n) is 6.85. The highest BCUT2D eigenvalue weighted by atomic mass is 16.5. The topological polar surface area (TPSA) is 66.9 Å². The molecule has 0 aliphatic carbocycles. The van der Waals surface area contributed by atoms with Crippen molar-refractivity contribution in [2.75, 3.05) is 31.2 Å². The molecule has 1 aliphatic rings. The lowest BCUT2D eigenvalue weighted by atomic mass is 10.0. The summed E-state index contributed by atoms with van der Waals surface area (Å²) in [6.07, 6.45) is 3.57. The minimum absolute atomic E-state index is 0.397. The standard InChI is InChI=1S/C20H25N5O/c1-3-25(19-11-17(21-13-22-19)15-8-10-26-12-15)9-7-18-23-16-6-4-5-14(2)20(16)24-18/h4-6,11,13,15H,3,7-10,12H2,1-2H3,(H,23,24)/t15-/m1/s1. The fourth-order valence-corrected chi connectivity index (χ4v) is 3.55. The van der Waals surface area contributed by atoms with Gasteiger partial charge in [-0.25, -0.2) is 15.0 Å². The predicted octanol–water partition coefficient (Wildman–Crippen LogP) is 3.23. The van der Waals surface area contributed by atoms with Crippen molar-refractivity contribution in [2.24, 2.45) is 0 Å². The lowest BCUT2D eigenvalue weighted by molar-refractivity contribution is 0.193. The normalized spacial score (nSPS) is 17.1. The van der Waals surface area contributed by atoms with Crippen LogP contribution in [0.1, 0.15) is 36.3 Å². The fourth-order valence-electron chi connectivity index (χ4n) is 3.55. The zero-order valence-electron chi connectivity index (χ0n) is 15.4. The summed E-state index contributed by atoms with van der Waals surface area (Å²) in [4.78, 5) is 19.4. The SMILES string of the molecule is CCN(CCc1nc2c(C)cccc2[nH]1)c1cc([C@@H]2CCOC2)ncn1. The summed E-state index contributed by atoms with van der Waals surface area (Å²) in [7, 11) is 0. The maximum Gasteiger partial charge on any atom is 0.132 e. The van der Waals surface area contributed by atoms with Crippen molar-refractivity contribution in [1.29, 1.82) is 0 Å². The molecule has 136 valence electrons. The van der Waals surface area contributed by atoms with E-state index in [-0.39, 0.29) is 0 Å². The third-order valence-corrected chi connectivity index (χ3v) is 5.11. The van der Waals surface area contributed by atoms with Crippen LogP contribution in [0.2, 0.25) is 0 Å². The summed E-state index contributed by atoms with van der Waals surface area (Å²) in [5, 5.41) is 0. The number of nitrogens with zero attached hydrogens (tertiary/aromatic N) is 4. The minimum Gasteiger partial charge on any atom is -0.381 e. The maximum absolute atomic E-state index is 5.50. The summed E-state index contributed by atoms with van der Waals surface area (Å²) in [5.74, 6) is 2.40. The number of aromatic nitrogens is 4. The van der Waals surface area contributed by atoms with Crippen molar-refractivity contribution < 1.29 is 4.74 Å². The van der Waals surface area contributed by atoms with Crippen LogP contribution in [0.15, 0.2) is 30.6 Å². The molecule has 1 N–H and O–H groups in total. The molecule has 0 spiro atoms. The zero-order valence-corrected chi connectivity index (χ0v) is 15.4. The summed E-state index contributed by atoms with van der Waals surface area (Å²) in [5.41, 5.74) is 4.46. The Morgan fingerprint density at radius 1 is 1.31 bits per heavy atom. The minimum atomic E-state index is 0.397. The Morgan fingerprint density at radius 2 is 2.23 bits per heavy atom. The molecule has 6 heteroatoms. The van der Waals surface area contributed by atoms with E-state index in [0.29, 0.717) is 5.92 Å². The highest BCUT2D eigenvalue weighted by Crippen LogP contribution is 2.25. The number of fused-ring (bicyclic) bond motifs is 1. The van der Waals surface area contributed by atoms with Gasteiger partial charge in [-0.3, -0.25) is 0 Å². The molecule has 3 heterocycles. The van der Waals surface area contributed by atoms with Crippen molar-refractivity contribution >= 4 is 16.9 Å². The third-order valence-electron chi connectivity index (χ3n) is 5.11. The average molecular weight is 351 g/mol. The Bertz CT molecular complexity index is 885. The monoisotopic (exact) mass is 351 g/mol. The van der Waals surface area contributed by atoms with Crippen LogP contribution in [0.5, 0.6) is 0 Å². The number of benzene rings is 1. The lowest BCUT2D eigenvalue weighted by Crippen LogP contribution is -2.27. The number of hydrogen-bond acceptors (Lipinski definition) is 5. The number of imidazole rings is 1. The molecule has 1 saturated heterocycles. The Hall–Kier alpha value is -2.47. The molecular formula is C20H25N5O. The first-order valence-electron chi connectivity index (χ1n) is 9.33. The smallest absolute Gasteiger partial charge is 0.132 e. The van der Waals surface area contributed by atoms with Crippen LogP contribution in [0.3, 0.4) is 0 Å². The van der Waals surface area contributed by atoms with E-state index in [4.69, 9.17) is 9.72 Å². The molecule has 1 atom stereocenters. The molecular weight excluding hydrogens is 326 g/mol. The van der Waals surface area contributed by atoms with Crippen LogP contribution in [0.4, 0.5) is 5.82 Å². The molecule has 6 nitrogen and oxygen atoms in total. The van der Waals surface area contributed by atoms with Crippen LogP contribution in [-0.2, 0) is 11.2 Å². The van der Waals surface area contributed by atoms with Gasteiger partial charge in [0.25, 0.3) is 0 Å². The Morgan fingerprint density at radius 3 is 3.00 bits per heavy atom. The van der Waals surface area contributed by atoms with Crippen LogP contribution in [0.25, 0.3) is 11.0 Å². The van der Waals surface area contributed by atoms with Crippen LogP contribution in [-0.4, -0.2) is 46.2 Å². The van der Waals surface area contributed by atoms with E-state index >= 15 is 0 Å². The van der Waals surface area contributed by atoms with Gasteiger partial charge in [0.05, 0.1) is 23.3 Å². The Kier molecular flexibility index (Phi) is 4.84. The molecule has 4 rings (SSSR count). The van der Waals surface area contributed by atoms with E-state index in [1.54, 1.807) is 6.33 Å². The number of likely N-dealkylation sites (N-methyl/N-ethyl adjacent to an activating group) is 1. The summed E-state index contributed by atoms with van der Waals surface area (Å²) >= 11 is 0. The second kappa shape index (κ2) is 7.41. The molecule has 0 unspecified atom stereocenters. The number of aryl methyl sites for hydroxylation is 1. The number of aromatic amines is 1. The number of rotatable bonds is 6. The quantitative estimate of drug-likeness (QED) is 0.738. The highest BCUT2D eigenvalue weighted by Gasteiger charge is 2.20. The van der Waals surface area contributed by atoms with Gasteiger partial charge in [0.1, 0.15) is 18.0 Å². The highest BCUT2D eigenvalue weighted by molar-refractivity contribution is 5.78. The van der Waals surface area contributed by atoms with Crippen molar-refractivity contribution in [3.8, 4) is 0 Å². The number of H-pyrrole nitrogens is 1. The van der Waals surface area contributed by atoms with Gasteiger partial charge in [-0.15, -0.1) is 0 Å².